The monoisotopic (exact) mass is 527 g/mol. The molecule has 1 aromatic heterocycles. The number of rotatable bonds is 8. The number of halogens is 1. The molecule has 7 fully saturated rings. The first-order valence-corrected chi connectivity index (χ1v) is 15.5. The lowest BCUT2D eigenvalue weighted by Gasteiger charge is -2.66. The second-order valence-corrected chi connectivity index (χ2v) is 15.1. The van der Waals surface area contributed by atoms with Gasteiger partial charge in [0.25, 0.3) is 0 Å². The largest absolute Gasteiger partial charge is 0.339 e. The summed E-state index contributed by atoms with van der Waals surface area (Å²) in [6, 6.07) is 6.73. The average Bonchev–Trinajstić information content (AvgIpc) is 3.57. The van der Waals surface area contributed by atoms with Crippen molar-refractivity contribution in [3.8, 4) is 0 Å². The predicted octanol–water partition coefficient (Wildman–Crippen LogP) is 5.26. The van der Waals surface area contributed by atoms with Crippen LogP contribution in [0.15, 0.2) is 33.7 Å². The zero-order chi connectivity index (χ0) is 25.7. The number of nitrogens with zero attached hydrogens (tertiary/aromatic N) is 3. The molecule has 37 heavy (non-hydrogen) atoms. The maximum atomic E-state index is 14.2. The summed E-state index contributed by atoms with van der Waals surface area (Å²) in [7, 11) is -3.41. The van der Waals surface area contributed by atoms with E-state index in [-0.39, 0.29) is 27.0 Å². The van der Waals surface area contributed by atoms with Crippen LogP contribution in [0.5, 0.6) is 0 Å². The molecule has 0 aliphatic heterocycles. The molecule has 1 aromatic carbocycles. The van der Waals surface area contributed by atoms with E-state index in [1.807, 2.05) is 11.0 Å². The third kappa shape index (κ3) is 3.94. The van der Waals surface area contributed by atoms with Gasteiger partial charge in [-0.15, -0.1) is 0 Å². The molecule has 7 aliphatic rings. The molecule has 9 rings (SSSR count). The number of alkyl halides is 1. The quantitative estimate of drug-likeness (QED) is 0.465. The maximum Gasteiger partial charge on any atom is 0.232 e. The van der Waals surface area contributed by atoms with Gasteiger partial charge in [-0.2, -0.15) is 4.98 Å². The van der Waals surface area contributed by atoms with Crippen LogP contribution in [-0.4, -0.2) is 42.9 Å². The molecule has 1 heterocycles. The summed E-state index contributed by atoms with van der Waals surface area (Å²) in [6.45, 7) is 0.559. The van der Waals surface area contributed by atoms with E-state index in [4.69, 9.17) is 9.51 Å². The SMILES string of the molecule is CS(=O)(=O)c1cccc(N(CC23CCC(c4nc(C5CC5)no4)(CC2)CC3)C(=O)CC23CC(F)(C2)C3)c1. The van der Waals surface area contributed by atoms with E-state index in [9.17, 15) is 17.6 Å². The van der Waals surface area contributed by atoms with Crippen molar-refractivity contribution in [2.24, 2.45) is 10.8 Å². The summed E-state index contributed by atoms with van der Waals surface area (Å²) >= 11 is 0. The Morgan fingerprint density at radius 3 is 2.35 bits per heavy atom. The van der Waals surface area contributed by atoms with Crippen LogP contribution in [0.3, 0.4) is 0 Å². The fourth-order valence-electron chi connectivity index (χ4n) is 7.78. The van der Waals surface area contributed by atoms with E-state index >= 15 is 0 Å². The van der Waals surface area contributed by atoms with Crippen LogP contribution in [-0.2, 0) is 20.0 Å². The van der Waals surface area contributed by atoms with Gasteiger partial charge in [0.2, 0.25) is 11.8 Å². The fourth-order valence-corrected chi connectivity index (χ4v) is 8.45. The molecular formula is C28H34FN3O4S. The van der Waals surface area contributed by atoms with Crippen molar-refractivity contribution in [2.45, 2.75) is 98.9 Å². The number of anilines is 1. The van der Waals surface area contributed by atoms with Crippen molar-refractivity contribution in [3.63, 3.8) is 0 Å². The first-order chi connectivity index (χ1) is 17.5. The van der Waals surface area contributed by atoms with Crippen LogP contribution in [0.1, 0.15) is 94.7 Å². The Kier molecular flexibility index (Phi) is 4.91. The second kappa shape index (κ2) is 7.64. The fraction of sp³-hybridized carbons (Fsp3) is 0.679. The zero-order valence-electron chi connectivity index (χ0n) is 21.3. The highest BCUT2D eigenvalue weighted by Crippen LogP contribution is 2.71. The first-order valence-electron chi connectivity index (χ1n) is 13.6. The minimum atomic E-state index is -3.41. The molecule has 9 heteroatoms. The summed E-state index contributed by atoms with van der Waals surface area (Å²) in [5.74, 6) is 2.10. The second-order valence-electron chi connectivity index (χ2n) is 13.1. The number of carbonyl (C=O) groups excluding carboxylic acids is 1. The molecule has 0 spiro atoms. The third-order valence-corrected chi connectivity index (χ3v) is 11.3. The van der Waals surface area contributed by atoms with Crippen LogP contribution >= 0.6 is 0 Å². The van der Waals surface area contributed by atoms with E-state index < -0.39 is 15.5 Å². The van der Waals surface area contributed by atoms with Crippen molar-refractivity contribution >= 4 is 21.4 Å². The van der Waals surface area contributed by atoms with Crippen LogP contribution in [0.2, 0.25) is 0 Å². The topological polar surface area (TPSA) is 93.4 Å². The van der Waals surface area contributed by atoms with Gasteiger partial charge < -0.3 is 9.42 Å². The number of benzene rings is 1. The highest BCUT2D eigenvalue weighted by molar-refractivity contribution is 7.90. The Morgan fingerprint density at radius 1 is 1.08 bits per heavy atom. The summed E-state index contributed by atoms with van der Waals surface area (Å²) in [4.78, 5) is 20.6. The van der Waals surface area contributed by atoms with E-state index in [1.54, 1.807) is 18.2 Å². The van der Waals surface area contributed by atoms with Gasteiger partial charge in [-0.3, -0.25) is 4.79 Å². The molecule has 2 aromatic rings. The van der Waals surface area contributed by atoms with Gasteiger partial charge in [-0.1, -0.05) is 11.2 Å². The van der Waals surface area contributed by atoms with Crippen LogP contribution in [0.25, 0.3) is 0 Å². The zero-order valence-corrected chi connectivity index (χ0v) is 22.2. The lowest BCUT2D eigenvalue weighted by atomic mass is 9.41. The molecular weight excluding hydrogens is 493 g/mol. The molecule has 0 radical (unpaired) electrons. The molecule has 7 nitrogen and oxygen atoms in total. The summed E-state index contributed by atoms with van der Waals surface area (Å²) in [5, 5.41) is 4.26. The smallest absolute Gasteiger partial charge is 0.232 e. The maximum absolute atomic E-state index is 14.2. The summed E-state index contributed by atoms with van der Waals surface area (Å²) < 4.78 is 44.5. The minimum Gasteiger partial charge on any atom is -0.339 e. The number of carbonyl (C=O) groups is 1. The number of sulfone groups is 1. The molecule has 7 saturated carbocycles. The number of aromatic nitrogens is 2. The lowest BCUT2D eigenvalue weighted by molar-refractivity contribution is -0.215. The Balaban J connectivity index is 1.13. The van der Waals surface area contributed by atoms with Crippen molar-refractivity contribution in [3.05, 3.63) is 36.0 Å². The first kappa shape index (κ1) is 23.8. The van der Waals surface area contributed by atoms with Gasteiger partial charge in [0, 0.05) is 36.2 Å². The highest BCUT2D eigenvalue weighted by Gasteiger charge is 2.69. The van der Waals surface area contributed by atoms with Gasteiger partial charge in [-0.05, 0) is 99.7 Å². The standard InChI is InChI=1S/C28H34FN3O4S/c1-37(34,35)21-4-2-3-20(13-21)32(22(33)14-26-15-28(29,16-26)17-26)18-25-7-10-27(11-8-25,12-9-25)24-30-23(31-36-24)19-5-6-19/h2-4,13,19H,5-12,14-18H2,1H3. The number of fused-ring (bicyclic) bond motifs is 3. The minimum absolute atomic E-state index is 0.0184. The van der Waals surface area contributed by atoms with Gasteiger partial charge in [0.1, 0.15) is 5.67 Å². The summed E-state index contributed by atoms with van der Waals surface area (Å²) in [5.41, 5.74) is -0.726. The van der Waals surface area contributed by atoms with Gasteiger partial charge in [0.05, 0.1) is 4.90 Å². The van der Waals surface area contributed by atoms with Crippen molar-refractivity contribution < 1.29 is 22.1 Å². The molecule has 0 N–H and O–H groups in total. The van der Waals surface area contributed by atoms with E-state index in [1.165, 1.54) is 6.26 Å². The Hall–Kier alpha value is -2.29. The number of hydrogen-bond donors (Lipinski definition) is 0. The Morgan fingerprint density at radius 2 is 1.76 bits per heavy atom. The molecule has 198 valence electrons. The Labute approximate surface area is 217 Å². The molecule has 0 saturated heterocycles. The molecule has 4 bridgehead atoms. The summed E-state index contributed by atoms with van der Waals surface area (Å²) in [6.07, 6.45) is 11.0. The number of amides is 1. The van der Waals surface area contributed by atoms with Gasteiger partial charge in [0.15, 0.2) is 15.7 Å². The highest BCUT2D eigenvalue weighted by atomic mass is 32.2. The van der Waals surface area contributed by atoms with E-state index in [2.05, 4.69) is 5.16 Å². The van der Waals surface area contributed by atoms with Crippen LogP contribution in [0, 0.1) is 10.8 Å². The third-order valence-electron chi connectivity index (χ3n) is 10.2. The van der Waals surface area contributed by atoms with Crippen molar-refractivity contribution in [1.29, 1.82) is 0 Å². The van der Waals surface area contributed by atoms with E-state index in [0.717, 1.165) is 63.1 Å². The molecule has 7 aliphatic carbocycles. The normalized spacial score (nSPS) is 36.1. The molecule has 1 amide bonds. The number of hydrogen-bond acceptors (Lipinski definition) is 6. The Bertz CT molecular complexity index is 1340. The van der Waals surface area contributed by atoms with Crippen molar-refractivity contribution in [1.82, 2.24) is 10.1 Å². The van der Waals surface area contributed by atoms with Crippen molar-refractivity contribution in [2.75, 3.05) is 17.7 Å². The molecule has 0 unspecified atom stereocenters. The molecule has 0 atom stereocenters. The van der Waals surface area contributed by atoms with Gasteiger partial charge >= 0.3 is 0 Å². The van der Waals surface area contributed by atoms with Crippen LogP contribution < -0.4 is 4.90 Å². The predicted molar refractivity (Wildman–Crippen MR) is 135 cm³/mol. The van der Waals surface area contributed by atoms with Gasteiger partial charge in [-0.25, -0.2) is 12.8 Å². The lowest BCUT2D eigenvalue weighted by Crippen LogP contribution is -2.65. The average molecular weight is 528 g/mol. The van der Waals surface area contributed by atoms with Crippen LogP contribution in [0.4, 0.5) is 10.1 Å². The van der Waals surface area contributed by atoms with E-state index in [0.29, 0.717) is 43.8 Å².